The number of fused-ring (bicyclic) bond motifs is 3. The Bertz CT molecular complexity index is 1460. The molecule has 0 unspecified atom stereocenters. The predicted octanol–water partition coefficient (Wildman–Crippen LogP) is 6.12. The predicted molar refractivity (Wildman–Crippen MR) is 152 cm³/mol. The molecule has 1 N–H and O–H groups in total. The Hall–Kier alpha value is -3.32. The van der Waals surface area contributed by atoms with E-state index in [4.69, 9.17) is 9.47 Å². The standard InChI is InChI=1S/C32H36O6S/c1-3-39(35,36)15-5-14-37-27-16-21(2)31-25(18-27)7-4-6-23-9-8-22(17-29(23)31)20-38-26-12-10-24(11-13-26)28-19-30(28)32(33)34/h8-13,16-18,28,30H,3-7,14-15,19-20H2,1-2H3,(H,33,34)/t28-,30+/m1/s1. The number of ether oxygens (including phenoxy) is 2. The first-order valence-corrected chi connectivity index (χ1v) is 15.6. The van der Waals surface area contributed by atoms with E-state index in [1.807, 2.05) is 24.3 Å². The van der Waals surface area contributed by atoms with Crippen LogP contribution in [-0.4, -0.2) is 37.6 Å². The molecule has 0 saturated heterocycles. The monoisotopic (exact) mass is 548 g/mol. The number of carboxylic acids is 1. The quantitative estimate of drug-likeness (QED) is 0.290. The third-order valence-electron chi connectivity index (χ3n) is 7.86. The van der Waals surface area contributed by atoms with E-state index >= 15 is 0 Å². The zero-order valence-corrected chi connectivity index (χ0v) is 23.4. The van der Waals surface area contributed by atoms with Gasteiger partial charge in [-0.2, -0.15) is 0 Å². The molecule has 0 heterocycles. The highest BCUT2D eigenvalue weighted by molar-refractivity contribution is 7.91. The second-order valence-corrected chi connectivity index (χ2v) is 13.2. The molecule has 0 radical (unpaired) electrons. The summed E-state index contributed by atoms with van der Waals surface area (Å²) in [7, 11) is -2.98. The summed E-state index contributed by atoms with van der Waals surface area (Å²) in [6.45, 7) is 4.62. The summed E-state index contributed by atoms with van der Waals surface area (Å²) < 4.78 is 35.6. The van der Waals surface area contributed by atoms with Crippen LogP contribution in [0.1, 0.15) is 59.9 Å². The van der Waals surface area contributed by atoms with Crippen molar-refractivity contribution in [2.45, 2.75) is 58.5 Å². The van der Waals surface area contributed by atoms with E-state index < -0.39 is 15.8 Å². The van der Waals surface area contributed by atoms with Gasteiger partial charge in [-0.05, 0) is 114 Å². The Morgan fingerprint density at radius 2 is 1.74 bits per heavy atom. The van der Waals surface area contributed by atoms with Crippen molar-refractivity contribution in [1.82, 2.24) is 0 Å². The molecule has 0 spiro atoms. The molecule has 2 aliphatic rings. The molecule has 2 aliphatic carbocycles. The fourth-order valence-electron chi connectivity index (χ4n) is 5.55. The number of rotatable bonds is 11. The molecule has 5 rings (SSSR count). The van der Waals surface area contributed by atoms with Gasteiger partial charge in [-0.1, -0.05) is 31.2 Å². The smallest absolute Gasteiger partial charge is 0.307 e. The molecule has 6 nitrogen and oxygen atoms in total. The van der Waals surface area contributed by atoms with Crippen molar-refractivity contribution in [1.29, 1.82) is 0 Å². The summed E-state index contributed by atoms with van der Waals surface area (Å²) in [6.07, 6.45) is 4.24. The SMILES string of the molecule is CCS(=O)(=O)CCCOc1cc(C)c2c(c1)CCCc1ccc(COc3ccc([C@H]4C[C@@H]4C(=O)O)cc3)cc1-2. The lowest BCUT2D eigenvalue weighted by atomic mass is 9.91. The third-order valence-corrected chi connectivity index (χ3v) is 9.65. The van der Waals surface area contributed by atoms with Crippen LogP contribution >= 0.6 is 0 Å². The number of carboxylic acid groups (broad SMARTS) is 1. The molecule has 0 aliphatic heterocycles. The highest BCUT2D eigenvalue weighted by Crippen LogP contribution is 2.47. The lowest BCUT2D eigenvalue weighted by Gasteiger charge is -2.17. The van der Waals surface area contributed by atoms with Crippen LogP contribution in [0.5, 0.6) is 11.5 Å². The second-order valence-electron chi connectivity index (χ2n) is 10.7. The molecule has 7 heteroatoms. The summed E-state index contributed by atoms with van der Waals surface area (Å²) in [4.78, 5) is 11.2. The maximum absolute atomic E-state index is 11.8. The number of aryl methyl sites for hydroxylation is 3. The van der Waals surface area contributed by atoms with Crippen LogP contribution in [0, 0.1) is 12.8 Å². The van der Waals surface area contributed by atoms with Crippen molar-refractivity contribution < 1.29 is 27.8 Å². The normalized spacial score (nSPS) is 18.0. The summed E-state index contributed by atoms with van der Waals surface area (Å²) in [5, 5.41) is 9.17. The summed E-state index contributed by atoms with van der Waals surface area (Å²) >= 11 is 0. The first-order chi connectivity index (χ1) is 18.7. The van der Waals surface area contributed by atoms with Crippen LogP contribution in [0.15, 0.2) is 54.6 Å². The summed E-state index contributed by atoms with van der Waals surface area (Å²) in [5.74, 6) is 1.03. The number of sulfone groups is 1. The molecule has 0 amide bonds. The summed E-state index contributed by atoms with van der Waals surface area (Å²) in [5.41, 5.74) is 8.40. The van der Waals surface area contributed by atoms with E-state index in [-0.39, 0.29) is 23.3 Å². The third kappa shape index (κ3) is 6.47. The van der Waals surface area contributed by atoms with Gasteiger partial charge in [0.1, 0.15) is 27.9 Å². The Morgan fingerprint density at radius 1 is 0.974 bits per heavy atom. The van der Waals surface area contributed by atoms with Crippen molar-refractivity contribution in [3.05, 3.63) is 82.4 Å². The van der Waals surface area contributed by atoms with Crippen LogP contribution in [0.2, 0.25) is 0 Å². The molecule has 1 saturated carbocycles. The van der Waals surface area contributed by atoms with Crippen LogP contribution in [-0.2, 0) is 34.1 Å². The van der Waals surface area contributed by atoms with Gasteiger partial charge in [-0.25, -0.2) is 8.42 Å². The number of benzene rings is 3. The molecular formula is C32H36O6S. The number of hydrogen-bond donors (Lipinski definition) is 1. The highest BCUT2D eigenvalue weighted by atomic mass is 32.2. The van der Waals surface area contributed by atoms with E-state index in [1.54, 1.807) is 6.92 Å². The lowest BCUT2D eigenvalue weighted by molar-refractivity contribution is -0.138. The first kappa shape index (κ1) is 27.3. The topological polar surface area (TPSA) is 89.9 Å². The molecular weight excluding hydrogens is 512 g/mol. The van der Waals surface area contributed by atoms with Crippen LogP contribution in [0.4, 0.5) is 0 Å². The number of carbonyl (C=O) groups is 1. The molecule has 0 aromatic heterocycles. The lowest BCUT2D eigenvalue weighted by Crippen LogP contribution is -2.12. The molecule has 3 aromatic rings. The minimum Gasteiger partial charge on any atom is -0.494 e. The van der Waals surface area contributed by atoms with Crippen LogP contribution in [0.3, 0.4) is 0 Å². The second kappa shape index (κ2) is 11.4. The maximum atomic E-state index is 11.8. The van der Waals surface area contributed by atoms with Crippen molar-refractivity contribution in [3.63, 3.8) is 0 Å². The molecule has 39 heavy (non-hydrogen) atoms. The van der Waals surface area contributed by atoms with E-state index in [9.17, 15) is 18.3 Å². The van der Waals surface area contributed by atoms with E-state index in [2.05, 4.69) is 37.3 Å². The van der Waals surface area contributed by atoms with Crippen molar-refractivity contribution >= 4 is 15.8 Å². The Morgan fingerprint density at radius 3 is 2.46 bits per heavy atom. The van der Waals surface area contributed by atoms with E-state index in [1.165, 1.54) is 22.3 Å². The van der Waals surface area contributed by atoms with Gasteiger partial charge in [-0.15, -0.1) is 0 Å². The minimum atomic E-state index is -2.98. The van der Waals surface area contributed by atoms with Crippen molar-refractivity contribution in [2.24, 2.45) is 5.92 Å². The van der Waals surface area contributed by atoms with Crippen molar-refractivity contribution in [2.75, 3.05) is 18.1 Å². The first-order valence-electron chi connectivity index (χ1n) is 13.8. The zero-order valence-electron chi connectivity index (χ0n) is 22.6. The molecule has 2 atom stereocenters. The average molecular weight is 549 g/mol. The van der Waals surface area contributed by atoms with Crippen LogP contribution < -0.4 is 9.47 Å². The Labute approximate surface area is 230 Å². The van der Waals surface area contributed by atoms with E-state index in [0.29, 0.717) is 26.1 Å². The number of aliphatic carboxylic acids is 1. The molecule has 3 aromatic carbocycles. The van der Waals surface area contributed by atoms with Gasteiger partial charge in [0.05, 0.1) is 18.3 Å². The van der Waals surface area contributed by atoms with Crippen LogP contribution in [0.25, 0.3) is 11.1 Å². The van der Waals surface area contributed by atoms with Gasteiger partial charge in [0.15, 0.2) is 0 Å². The highest BCUT2D eigenvalue weighted by Gasteiger charge is 2.44. The van der Waals surface area contributed by atoms with Gasteiger partial charge in [0.25, 0.3) is 0 Å². The summed E-state index contributed by atoms with van der Waals surface area (Å²) in [6, 6.07) is 18.6. The minimum absolute atomic E-state index is 0.118. The van der Waals surface area contributed by atoms with Gasteiger partial charge in [0, 0.05) is 5.75 Å². The molecule has 1 fully saturated rings. The van der Waals surface area contributed by atoms with Gasteiger partial charge in [-0.3, -0.25) is 4.79 Å². The van der Waals surface area contributed by atoms with Gasteiger partial charge < -0.3 is 14.6 Å². The zero-order chi connectivity index (χ0) is 27.6. The van der Waals surface area contributed by atoms with Gasteiger partial charge in [0.2, 0.25) is 0 Å². The number of hydrogen-bond acceptors (Lipinski definition) is 5. The fraction of sp³-hybridized carbons (Fsp3) is 0.406. The molecule has 0 bridgehead atoms. The van der Waals surface area contributed by atoms with Gasteiger partial charge >= 0.3 is 5.97 Å². The Kier molecular flexibility index (Phi) is 7.98. The van der Waals surface area contributed by atoms with E-state index in [0.717, 1.165) is 47.5 Å². The molecule has 206 valence electrons. The average Bonchev–Trinajstić information content (AvgIpc) is 3.74. The largest absolute Gasteiger partial charge is 0.494 e. The fourth-order valence-corrected chi connectivity index (χ4v) is 6.40. The maximum Gasteiger partial charge on any atom is 0.307 e. The Balaban J connectivity index is 1.27. The van der Waals surface area contributed by atoms with Crippen molar-refractivity contribution in [3.8, 4) is 22.6 Å².